The fourth-order valence-electron chi connectivity index (χ4n) is 5.14. The van der Waals surface area contributed by atoms with E-state index in [0.717, 1.165) is 6.42 Å². The SMILES string of the molecule is CCCC1[C@@H](CC)OP1(c1ccccc1)(c1ccccc1)c1ccccc1. The van der Waals surface area contributed by atoms with Crippen molar-refractivity contribution in [2.45, 2.75) is 44.9 Å². The molecular weight excluding hydrogens is 347 g/mol. The molecule has 2 heteroatoms. The second kappa shape index (κ2) is 7.23. The first-order valence-electron chi connectivity index (χ1n) is 10.1. The van der Waals surface area contributed by atoms with E-state index in [0.29, 0.717) is 11.8 Å². The van der Waals surface area contributed by atoms with Crippen LogP contribution in [0.15, 0.2) is 91.0 Å². The van der Waals surface area contributed by atoms with E-state index in [2.05, 4.69) is 105 Å². The normalized spacial score (nSPS) is 24.3. The number of benzene rings is 3. The summed E-state index contributed by atoms with van der Waals surface area (Å²) < 4.78 is 7.22. The molecule has 0 saturated carbocycles. The van der Waals surface area contributed by atoms with E-state index < -0.39 is 6.83 Å². The van der Waals surface area contributed by atoms with Gasteiger partial charge < -0.3 is 0 Å². The number of rotatable bonds is 6. The van der Waals surface area contributed by atoms with Crippen molar-refractivity contribution in [3.8, 4) is 0 Å². The zero-order chi connectivity index (χ0) is 18.8. The van der Waals surface area contributed by atoms with Gasteiger partial charge in [-0.3, -0.25) is 0 Å². The van der Waals surface area contributed by atoms with E-state index in [1.807, 2.05) is 0 Å². The van der Waals surface area contributed by atoms with E-state index in [-0.39, 0.29) is 0 Å². The maximum atomic E-state index is 7.22. The van der Waals surface area contributed by atoms with Gasteiger partial charge in [-0.2, -0.15) is 0 Å². The van der Waals surface area contributed by atoms with E-state index in [1.54, 1.807) is 0 Å². The van der Waals surface area contributed by atoms with Crippen LogP contribution in [0.2, 0.25) is 0 Å². The van der Waals surface area contributed by atoms with Crippen LogP contribution in [0, 0.1) is 0 Å². The molecule has 140 valence electrons. The summed E-state index contributed by atoms with van der Waals surface area (Å²) in [5.41, 5.74) is 0.526. The van der Waals surface area contributed by atoms with Crippen molar-refractivity contribution in [3.63, 3.8) is 0 Å². The molecule has 1 heterocycles. The summed E-state index contributed by atoms with van der Waals surface area (Å²) in [4.78, 5) is 0. The van der Waals surface area contributed by atoms with Gasteiger partial charge in [0, 0.05) is 0 Å². The molecule has 0 aliphatic carbocycles. The number of hydrogen-bond donors (Lipinski definition) is 0. The molecule has 1 saturated heterocycles. The molecule has 0 aromatic heterocycles. The summed E-state index contributed by atoms with van der Waals surface area (Å²) >= 11 is 0. The molecule has 0 bridgehead atoms. The molecule has 3 aromatic carbocycles. The van der Waals surface area contributed by atoms with Crippen molar-refractivity contribution in [2.75, 3.05) is 0 Å². The van der Waals surface area contributed by atoms with Crippen molar-refractivity contribution < 1.29 is 4.52 Å². The van der Waals surface area contributed by atoms with E-state index in [4.69, 9.17) is 4.52 Å². The first-order valence-corrected chi connectivity index (χ1v) is 12.4. The Hall–Kier alpha value is -1.95. The summed E-state index contributed by atoms with van der Waals surface area (Å²) in [6.45, 7) is 1.60. The Morgan fingerprint density at radius 2 is 1.07 bits per heavy atom. The maximum absolute atomic E-state index is 7.22. The molecule has 1 aliphatic rings. The van der Waals surface area contributed by atoms with Gasteiger partial charge in [-0.05, 0) is 0 Å². The molecule has 0 amide bonds. The molecule has 2 atom stereocenters. The average molecular weight is 376 g/mol. The van der Waals surface area contributed by atoms with Crippen molar-refractivity contribution in [1.29, 1.82) is 0 Å². The first kappa shape index (κ1) is 18.4. The molecule has 1 aliphatic heterocycles. The van der Waals surface area contributed by atoms with Gasteiger partial charge >= 0.3 is 163 Å². The monoisotopic (exact) mass is 376 g/mol. The van der Waals surface area contributed by atoms with Crippen molar-refractivity contribution in [2.24, 2.45) is 0 Å². The van der Waals surface area contributed by atoms with Gasteiger partial charge in [0.15, 0.2) is 0 Å². The molecule has 0 radical (unpaired) electrons. The summed E-state index contributed by atoms with van der Waals surface area (Å²) in [7, 11) is 0. The van der Waals surface area contributed by atoms with Gasteiger partial charge in [0.25, 0.3) is 0 Å². The third kappa shape index (κ3) is 2.45. The predicted octanol–water partition coefficient (Wildman–Crippen LogP) is 5.41. The predicted molar refractivity (Wildman–Crippen MR) is 119 cm³/mol. The van der Waals surface area contributed by atoms with Crippen molar-refractivity contribution >= 4 is 22.7 Å². The Morgan fingerprint density at radius 1 is 0.667 bits per heavy atom. The minimum absolute atomic E-state index is 0.322. The molecule has 27 heavy (non-hydrogen) atoms. The number of hydrogen-bond acceptors (Lipinski definition) is 1. The van der Waals surface area contributed by atoms with Crippen molar-refractivity contribution in [3.05, 3.63) is 91.0 Å². The van der Waals surface area contributed by atoms with Gasteiger partial charge in [0.1, 0.15) is 0 Å². The van der Waals surface area contributed by atoms with Crippen molar-refractivity contribution in [1.82, 2.24) is 0 Å². The van der Waals surface area contributed by atoms with Gasteiger partial charge in [0.05, 0.1) is 0 Å². The first-order chi connectivity index (χ1) is 13.3. The Bertz CT molecular complexity index is 777. The summed E-state index contributed by atoms with van der Waals surface area (Å²) in [6.07, 6.45) is 3.75. The van der Waals surface area contributed by atoms with E-state index >= 15 is 0 Å². The molecule has 0 N–H and O–H groups in total. The third-order valence-corrected chi connectivity index (χ3v) is 12.7. The van der Waals surface area contributed by atoms with Gasteiger partial charge in [-0.25, -0.2) is 0 Å². The summed E-state index contributed by atoms with van der Waals surface area (Å²) in [5, 5.41) is 4.09. The molecule has 0 spiro atoms. The standard InChI is InChI=1S/C25H29OP/c1-3-14-25-24(4-2)26-27(25,21-15-8-5-9-16-21,22-17-10-6-11-18-22)23-19-12-7-13-20-23/h5-13,15-20,24-25H,3-4,14H2,1-2H3/t24-,25?/m1/s1. The molecule has 1 fully saturated rings. The Balaban J connectivity index is 2.11. The second-order valence-electron chi connectivity index (χ2n) is 7.52. The Labute approximate surface area is 163 Å². The zero-order valence-electron chi connectivity index (χ0n) is 16.3. The summed E-state index contributed by atoms with van der Waals surface area (Å²) in [5.74, 6) is 0. The van der Waals surface area contributed by atoms with Crippen LogP contribution in [0.1, 0.15) is 33.1 Å². The fraction of sp³-hybridized carbons (Fsp3) is 0.280. The molecular formula is C25H29OP. The summed E-state index contributed by atoms with van der Waals surface area (Å²) in [6, 6.07) is 33.1. The van der Waals surface area contributed by atoms with Crippen LogP contribution in [0.4, 0.5) is 0 Å². The minimum atomic E-state index is -2.97. The molecule has 3 aromatic rings. The van der Waals surface area contributed by atoms with Crippen LogP contribution in [0.25, 0.3) is 0 Å². The van der Waals surface area contributed by atoms with Crippen LogP contribution in [0.3, 0.4) is 0 Å². The van der Waals surface area contributed by atoms with Crippen LogP contribution in [-0.4, -0.2) is 11.8 Å². The average Bonchev–Trinajstić information content (AvgIpc) is 2.75. The quantitative estimate of drug-likeness (QED) is 0.523. The zero-order valence-corrected chi connectivity index (χ0v) is 17.2. The van der Waals surface area contributed by atoms with E-state index in [9.17, 15) is 0 Å². The topological polar surface area (TPSA) is 9.23 Å². The molecule has 4 rings (SSSR count). The van der Waals surface area contributed by atoms with Gasteiger partial charge in [-0.1, -0.05) is 0 Å². The van der Waals surface area contributed by atoms with Gasteiger partial charge in [-0.15, -0.1) is 0 Å². The van der Waals surface area contributed by atoms with Crippen LogP contribution in [0.5, 0.6) is 0 Å². The van der Waals surface area contributed by atoms with E-state index in [1.165, 1.54) is 28.8 Å². The molecule has 1 unspecified atom stereocenters. The van der Waals surface area contributed by atoms with Crippen LogP contribution >= 0.6 is 6.83 Å². The van der Waals surface area contributed by atoms with Gasteiger partial charge in [0.2, 0.25) is 0 Å². The molecule has 1 nitrogen and oxygen atoms in total. The van der Waals surface area contributed by atoms with Crippen LogP contribution in [-0.2, 0) is 4.52 Å². The Kier molecular flexibility index (Phi) is 4.93. The Morgan fingerprint density at radius 3 is 1.41 bits per heavy atom. The third-order valence-electron chi connectivity index (χ3n) is 6.21. The fourth-order valence-corrected chi connectivity index (χ4v) is 12.3. The van der Waals surface area contributed by atoms with Crippen LogP contribution < -0.4 is 15.9 Å². The second-order valence-corrected chi connectivity index (χ2v) is 12.1.